The van der Waals surface area contributed by atoms with Gasteiger partial charge in [0.05, 0.1) is 11.4 Å². The number of carbonyl (C=O) groups excluding carboxylic acids is 1. The fourth-order valence-corrected chi connectivity index (χ4v) is 2.34. The number of hydrogen-bond donors (Lipinski definition) is 1. The largest absolute Gasteiger partial charge is 0.348 e. The molecule has 0 aliphatic carbocycles. The number of aromatic nitrogens is 4. The van der Waals surface area contributed by atoms with E-state index in [0.717, 1.165) is 11.8 Å². The highest BCUT2D eigenvalue weighted by molar-refractivity contribution is 7.99. The van der Waals surface area contributed by atoms with E-state index in [9.17, 15) is 14.4 Å². The van der Waals surface area contributed by atoms with E-state index in [1.165, 1.54) is 4.68 Å². The van der Waals surface area contributed by atoms with Gasteiger partial charge in [-0.1, -0.05) is 11.8 Å². The molecule has 0 radical (unpaired) electrons. The summed E-state index contributed by atoms with van der Waals surface area (Å²) in [4.78, 5) is 37.7. The molecule has 0 aliphatic rings. The van der Waals surface area contributed by atoms with Crippen molar-refractivity contribution in [2.24, 2.45) is 14.1 Å². The maximum absolute atomic E-state index is 11.9. The Morgan fingerprint density at radius 1 is 1.42 bits per heavy atom. The number of aryl methyl sites for hydroxylation is 2. The van der Waals surface area contributed by atoms with Crippen LogP contribution < -0.4 is 11.1 Å². The first-order valence-corrected chi connectivity index (χ1v) is 6.42. The van der Waals surface area contributed by atoms with Crippen LogP contribution in [0.1, 0.15) is 10.5 Å². The van der Waals surface area contributed by atoms with Crippen LogP contribution in [0.2, 0.25) is 0 Å². The van der Waals surface area contributed by atoms with E-state index in [-0.39, 0.29) is 11.5 Å². The van der Waals surface area contributed by atoms with E-state index in [2.05, 4.69) is 10.1 Å². The molecule has 0 fully saturated rings. The Hall–Kier alpha value is -2.09. The van der Waals surface area contributed by atoms with Crippen LogP contribution in [0.5, 0.6) is 0 Å². The number of H-pyrrole nitrogens is 1. The number of nitrogens with one attached hydrogen (secondary N) is 1. The third kappa shape index (κ3) is 2.84. The Labute approximate surface area is 112 Å². The summed E-state index contributed by atoms with van der Waals surface area (Å²) < 4.78 is 3.05. The summed E-state index contributed by atoms with van der Waals surface area (Å²) in [7, 11) is 3.34. The fourth-order valence-electron chi connectivity index (χ4n) is 1.54. The van der Waals surface area contributed by atoms with Gasteiger partial charge >= 0.3 is 11.1 Å². The van der Waals surface area contributed by atoms with Crippen molar-refractivity contribution < 1.29 is 4.79 Å². The molecule has 7 nitrogen and oxygen atoms in total. The van der Waals surface area contributed by atoms with Gasteiger partial charge in [0.15, 0.2) is 10.9 Å². The molecule has 0 aromatic carbocycles. The number of hydrogen-bond acceptors (Lipinski definition) is 5. The van der Waals surface area contributed by atoms with Crippen molar-refractivity contribution in [2.75, 3.05) is 5.75 Å². The van der Waals surface area contributed by atoms with Gasteiger partial charge in [-0.15, -0.1) is 0 Å². The number of thioether (sulfide) groups is 1. The minimum atomic E-state index is -0.855. The van der Waals surface area contributed by atoms with Gasteiger partial charge in [0.1, 0.15) is 0 Å². The summed E-state index contributed by atoms with van der Waals surface area (Å²) >= 11 is 1.10. The Morgan fingerprint density at radius 3 is 2.79 bits per heavy atom. The smallest absolute Gasteiger partial charge is 0.339 e. The highest BCUT2D eigenvalue weighted by Gasteiger charge is 2.12. The molecular weight excluding hydrogens is 268 g/mol. The molecule has 0 bridgehead atoms. The van der Waals surface area contributed by atoms with Crippen LogP contribution >= 0.6 is 11.8 Å². The number of aromatic amines is 1. The topological polar surface area (TPSA) is 89.8 Å². The van der Waals surface area contributed by atoms with E-state index in [1.807, 2.05) is 0 Å². The lowest BCUT2D eigenvalue weighted by Gasteiger charge is -2.05. The SMILES string of the molecule is Cn1cccc1C(=O)CSc1nc(=O)c(=O)[nH]n1C. The van der Waals surface area contributed by atoms with E-state index in [4.69, 9.17) is 0 Å². The molecule has 0 aliphatic heterocycles. The molecule has 0 saturated heterocycles. The standard InChI is InChI=1S/C11H12N4O3S/c1-14-5-3-4-7(14)8(16)6-19-11-12-9(17)10(18)13-15(11)2/h3-5H,6H2,1-2H3,(H,13,18). The summed E-state index contributed by atoms with van der Waals surface area (Å²) in [6, 6.07) is 3.51. The average molecular weight is 280 g/mol. The quantitative estimate of drug-likeness (QED) is 0.475. The van der Waals surface area contributed by atoms with Gasteiger partial charge in [0.25, 0.3) is 0 Å². The molecule has 0 spiro atoms. The lowest BCUT2D eigenvalue weighted by Crippen LogP contribution is -2.34. The van der Waals surface area contributed by atoms with Gasteiger partial charge in [-0.05, 0) is 12.1 Å². The van der Waals surface area contributed by atoms with Crippen LogP contribution in [0.3, 0.4) is 0 Å². The second-order valence-electron chi connectivity index (χ2n) is 3.92. The van der Waals surface area contributed by atoms with E-state index < -0.39 is 11.1 Å². The van der Waals surface area contributed by atoms with Gasteiger partial charge in [-0.25, -0.2) is 0 Å². The van der Waals surface area contributed by atoms with E-state index in [0.29, 0.717) is 10.9 Å². The fraction of sp³-hybridized carbons (Fsp3) is 0.273. The Bertz CT molecular complexity index is 728. The number of nitrogens with zero attached hydrogens (tertiary/aromatic N) is 3. The zero-order valence-electron chi connectivity index (χ0n) is 10.4. The summed E-state index contributed by atoms with van der Waals surface area (Å²) in [5, 5.41) is 2.62. The molecule has 2 heterocycles. The van der Waals surface area contributed by atoms with Gasteiger partial charge in [0.2, 0.25) is 0 Å². The maximum atomic E-state index is 11.9. The molecule has 8 heteroatoms. The van der Waals surface area contributed by atoms with Crippen LogP contribution in [0.15, 0.2) is 33.1 Å². The Morgan fingerprint density at radius 2 is 2.16 bits per heavy atom. The second kappa shape index (κ2) is 5.27. The minimum Gasteiger partial charge on any atom is -0.348 e. The van der Waals surface area contributed by atoms with Crippen molar-refractivity contribution in [2.45, 2.75) is 5.16 Å². The molecule has 1 N–H and O–H groups in total. The van der Waals surface area contributed by atoms with Crippen molar-refractivity contribution in [3.8, 4) is 0 Å². The number of rotatable bonds is 4. The Balaban J connectivity index is 2.14. The van der Waals surface area contributed by atoms with Crippen LogP contribution in [0, 0.1) is 0 Å². The summed E-state index contributed by atoms with van der Waals surface area (Å²) in [5.41, 5.74) is -1.05. The van der Waals surface area contributed by atoms with Crippen molar-refractivity contribution in [1.29, 1.82) is 0 Å². The molecule has 0 atom stereocenters. The summed E-state index contributed by atoms with van der Waals surface area (Å²) in [6.07, 6.45) is 1.78. The van der Waals surface area contributed by atoms with Crippen LogP contribution in [0.4, 0.5) is 0 Å². The van der Waals surface area contributed by atoms with Crippen molar-refractivity contribution in [3.05, 3.63) is 44.7 Å². The lowest BCUT2D eigenvalue weighted by atomic mass is 10.3. The summed E-state index contributed by atoms with van der Waals surface area (Å²) in [6.45, 7) is 0. The zero-order chi connectivity index (χ0) is 14.0. The van der Waals surface area contributed by atoms with Crippen molar-refractivity contribution in [3.63, 3.8) is 0 Å². The first-order chi connectivity index (χ1) is 8.99. The highest BCUT2D eigenvalue weighted by atomic mass is 32.2. The Kier molecular flexibility index (Phi) is 3.70. The number of carbonyl (C=O) groups is 1. The molecule has 0 unspecified atom stereocenters. The maximum Gasteiger partial charge on any atom is 0.339 e. The molecule has 2 rings (SSSR count). The highest BCUT2D eigenvalue weighted by Crippen LogP contribution is 2.14. The van der Waals surface area contributed by atoms with Crippen LogP contribution in [-0.4, -0.2) is 30.9 Å². The first kappa shape index (κ1) is 13.3. The first-order valence-electron chi connectivity index (χ1n) is 5.43. The molecule has 19 heavy (non-hydrogen) atoms. The van der Waals surface area contributed by atoms with Gasteiger partial charge < -0.3 is 4.57 Å². The predicted octanol–water partition coefficient (Wildman–Crippen LogP) is -0.218. The normalized spacial score (nSPS) is 10.6. The predicted molar refractivity (Wildman–Crippen MR) is 70.6 cm³/mol. The second-order valence-corrected chi connectivity index (χ2v) is 4.86. The number of ketones is 1. The average Bonchev–Trinajstić information content (AvgIpc) is 2.78. The van der Waals surface area contributed by atoms with Crippen molar-refractivity contribution >= 4 is 17.5 Å². The van der Waals surface area contributed by atoms with Crippen molar-refractivity contribution in [1.82, 2.24) is 19.3 Å². The lowest BCUT2D eigenvalue weighted by molar-refractivity contribution is 0.101. The molecular formula is C11H12N4O3S. The monoisotopic (exact) mass is 280 g/mol. The van der Waals surface area contributed by atoms with E-state index in [1.54, 1.807) is 37.0 Å². The molecule has 2 aromatic rings. The van der Waals surface area contributed by atoms with Crippen LogP contribution in [-0.2, 0) is 14.1 Å². The van der Waals surface area contributed by atoms with Gasteiger partial charge in [0, 0.05) is 20.3 Å². The number of Topliss-reactive ketones (excluding diaryl/α,β-unsaturated/α-hetero) is 1. The van der Waals surface area contributed by atoms with Gasteiger partial charge in [-0.3, -0.25) is 24.2 Å². The van der Waals surface area contributed by atoms with Gasteiger partial charge in [-0.2, -0.15) is 4.98 Å². The van der Waals surface area contributed by atoms with Crippen LogP contribution in [0.25, 0.3) is 0 Å². The zero-order valence-corrected chi connectivity index (χ0v) is 11.2. The molecule has 100 valence electrons. The third-order valence-electron chi connectivity index (χ3n) is 2.51. The molecule has 0 saturated carbocycles. The third-order valence-corrected chi connectivity index (χ3v) is 3.54. The minimum absolute atomic E-state index is 0.0713. The molecule has 2 aromatic heterocycles. The molecule has 0 amide bonds. The summed E-state index contributed by atoms with van der Waals surface area (Å²) in [5.74, 6) is 0.0717. The van der Waals surface area contributed by atoms with E-state index >= 15 is 0 Å².